The van der Waals surface area contributed by atoms with Crippen LogP contribution in [0, 0.1) is 6.92 Å². The Labute approximate surface area is 201 Å². The van der Waals surface area contributed by atoms with Crippen LogP contribution in [-0.4, -0.2) is 29.9 Å². The molecule has 2 amide bonds. The third-order valence-electron chi connectivity index (χ3n) is 5.80. The lowest BCUT2D eigenvalue weighted by atomic mass is 10.0. The summed E-state index contributed by atoms with van der Waals surface area (Å²) in [4.78, 5) is 31.5. The molecule has 4 aromatic rings. The summed E-state index contributed by atoms with van der Waals surface area (Å²) in [6.07, 6.45) is 0.598. The van der Waals surface area contributed by atoms with E-state index in [0.29, 0.717) is 6.42 Å². The Morgan fingerprint density at radius 1 is 1.00 bits per heavy atom. The van der Waals surface area contributed by atoms with E-state index in [-0.39, 0.29) is 18.2 Å². The molecule has 1 heterocycles. The molecule has 0 radical (unpaired) electrons. The maximum atomic E-state index is 13.4. The van der Waals surface area contributed by atoms with Crippen LogP contribution >= 0.6 is 15.9 Å². The minimum Gasteiger partial charge on any atom is -0.358 e. The van der Waals surface area contributed by atoms with E-state index in [9.17, 15) is 9.59 Å². The number of amides is 2. The lowest BCUT2D eigenvalue weighted by Crippen LogP contribution is -2.49. The number of H-pyrrole nitrogens is 1. The molecule has 0 aliphatic heterocycles. The lowest BCUT2D eigenvalue weighted by molar-refractivity contribution is -0.127. The number of nitrogens with zero attached hydrogens (tertiary/aromatic N) is 1. The first-order chi connectivity index (χ1) is 15.9. The van der Waals surface area contributed by atoms with E-state index in [1.807, 2.05) is 85.8 Å². The zero-order valence-electron chi connectivity index (χ0n) is 18.6. The van der Waals surface area contributed by atoms with Crippen LogP contribution in [0.5, 0.6) is 0 Å². The number of fused-ring (bicyclic) bond motifs is 1. The van der Waals surface area contributed by atoms with Gasteiger partial charge in [-0.2, -0.15) is 0 Å². The Kier molecular flexibility index (Phi) is 6.94. The van der Waals surface area contributed by atoms with Crippen LogP contribution in [0.15, 0.2) is 83.3 Å². The van der Waals surface area contributed by atoms with Crippen molar-refractivity contribution >= 4 is 44.3 Å². The monoisotopic (exact) mass is 503 g/mol. The van der Waals surface area contributed by atoms with E-state index < -0.39 is 6.04 Å². The van der Waals surface area contributed by atoms with Gasteiger partial charge in [-0.1, -0.05) is 64.5 Å². The molecule has 0 spiro atoms. The summed E-state index contributed by atoms with van der Waals surface area (Å²) in [7, 11) is 1.74. The first-order valence-corrected chi connectivity index (χ1v) is 11.6. The van der Waals surface area contributed by atoms with E-state index in [2.05, 4.69) is 26.2 Å². The topological polar surface area (TPSA) is 65.2 Å². The van der Waals surface area contributed by atoms with Gasteiger partial charge in [0.05, 0.1) is 6.42 Å². The van der Waals surface area contributed by atoms with Gasteiger partial charge in [0.15, 0.2) is 0 Å². The molecule has 6 heteroatoms. The molecule has 33 heavy (non-hydrogen) atoms. The molecule has 2 N–H and O–H groups in total. The summed E-state index contributed by atoms with van der Waals surface area (Å²) in [5.74, 6) is -0.345. The molecular formula is C27H26BrN3O2. The Morgan fingerprint density at radius 2 is 1.73 bits per heavy atom. The largest absolute Gasteiger partial charge is 0.358 e. The van der Waals surface area contributed by atoms with Gasteiger partial charge >= 0.3 is 0 Å². The summed E-state index contributed by atoms with van der Waals surface area (Å²) in [6, 6.07) is 24.5. The number of rotatable bonds is 7. The third kappa shape index (κ3) is 5.34. The van der Waals surface area contributed by atoms with Gasteiger partial charge in [-0.25, -0.2) is 0 Å². The minimum atomic E-state index is -0.692. The van der Waals surface area contributed by atoms with Crippen LogP contribution in [0.25, 0.3) is 10.9 Å². The highest BCUT2D eigenvalue weighted by Crippen LogP contribution is 2.23. The van der Waals surface area contributed by atoms with Crippen LogP contribution in [0.2, 0.25) is 0 Å². The highest BCUT2D eigenvalue weighted by molar-refractivity contribution is 9.10. The predicted octanol–water partition coefficient (Wildman–Crippen LogP) is 5.17. The number of aromatic nitrogens is 1. The average Bonchev–Trinajstić information content (AvgIpc) is 3.13. The van der Waals surface area contributed by atoms with Gasteiger partial charge in [-0.05, 0) is 48.4 Å². The Hall–Kier alpha value is -3.38. The van der Waals surface area contributed by atoms with E-state index in [1.54, 1.807) is 11.9 Å². The standard InChI is InChI=1S/C27H26BrN3O2/c1-18-23(22-13-6-7-14-24(22)29-18)17-26(32)30-25(16-19-9-8-10-20(28)15-19)27(33)31(2)21-11-4-3-5-12-21/h3-15,25,29H,16-17H2,1-2H3,(H,30,32)/t25-/m0/s1. The second kappa shape index (κ2) is 10.0. The minimum absolute atomic E-state index is 0.162. The Morgan fingerprint density at radius 3 is 2.48 bits per heavy atom. The van der Waals surface area contributed by atoms with E-state index in [0.717, 1.165) is 37.9 Å². The van der Waals surface area contributed by atoms with Crippen LogP contribution in [0.1, 0.15) is 16.8 Å². The van der Waals surface area contributed by atoms with Crippen molar-refractivity contribution in [2.45, 2.75) is 25.8 Å². The van der Waals surface area contributed by atoms with Gasteiger partial charge in [0.1, 0.15) is 6.04 Å². The summed E-state index contributed by atoms with van der Waals surface area (Å²) < 4.78 is 0.934. The molecule has 168 valence electrons. The number of nitrogens with one attached hydrogen (secondary N) is 2. The molecule has 5 nitrogen and oxygen atoms in total. The molecule has 0 bridgehead atoms. The third-order valence-corrected chi connectivity index (χ3v) is 6.29. The van der Waals surface area contributed by atoms with Crippen LogP contribution in [0.3, 0.4) is 0 Å². The number of carbonyl (C=O) groups is 2. The molecule has 0 unspecified atom stereocenters. The van der Waals surface area contributed by atoms with Crippen molar-refractivity contribution in [2.75, 3.05) is 11.9 Å². The zero-order valence-corrected chi connectivity index (χ0v) is 20.2. The SMILES string of the molecule is Cc1[nH]c2ccccc2c1CC(=O)N[C@@H](Cc1cccc(Br)c1)C(=O)N(C)c1ccccc1. The number of halogens is 1. The molecule has 0 aliphatic rings. The quantitative estimate of drug-likeness (QED) is 0.365. The molecule has 4 rings (SSSR count). The Balaban J connectivity index is 1.57. The smallest absolute Gasteiger partial charge is 0.249 e. The zero-order chi connectivity index (χ0) is 23.4. The van der Waals surface area contributed by atoms with Crippen molar-refractivity contribution in [2.24, 2.45) is 0 Å². The molecule has 3 aromatic carbocycles. The fraction of sp³-hybridized carbons (Fsp3) is 0.185. The normalized spacial score (nSPS) is 11.8. The summed E-state index contributed by atoms with van der Waals surface area (Å²) in [5.41, 5.74) is 4.66. The number of hydrogen-bond acceptors (Lipinski definition) is 2. The number of para-hydroxylation sites is 2. The molecular weight excluding hydrogens is 478 g/mol. The number of aromatic amines is 1. The van der Waals surface area contributed by atoms with E-state index in [1.165, 1.54) is 0 Å². The van der Waals surface area contributed by atoms with Crippen LogP contribution < -0.4 is 10.2 Å². The van der Waals surface area contributed by atoms with Crippen molar-refractivity contribution in [3.05, 3.63) is 100 Å². The highest BCUT2D eigenvalue weighted by atomic mass is 79.9. The summed E-state index contributed by atoms with van der Waals surface area (Å²) in [6.45, 7) is 1.97. The molecule has 1 atom stereocenters. The molecule has 0 saturated carbocycles. The lowest BCUT2D eigenvalue weighted by Gasteiger charge is -2.25. The summed E-state index contributed by atoms with van der Waals surface area (Å²) in [5, 5.41) is 4.04. The van der Waals surface area contributed by atoms with Gasteiger partial charge in [-0.3, -0.25) is 9.59 Å². The number of carbonyl (C=O) groups excluding carboxylic acids is 2. The summed E-state index contributed by atoms with van der Waals surface area (Å²) >= 11 is 3.49. The van der Waals surface area contributed by atoms with Crippen LogP contribution in [-0.2, 0) is 22.4 Å². The van der Waals surface area contributed by atoms with Gasteiger partial charge in [0.25, 0.3) is 0 Å². The van der Waals surface area contributed by atoms with Crippen LogP contribution in [0.4, 0.5) is 5.69 Å². The van der Waals surface area contributed by atoms with Crippen molar-refractivity contribution in [3.63, 3.8) is 0 Å². The molecule has 0 saturated heterocycles. The van der Waals surface area contributed by atoms with E-state index in [4.69, 9.17) is 0 Å². The van der Waals surface area contributed by atoms with Crippen molar-refractivity contribution in [1.29, 1.82) is 0 Å². The van der Waals surface area contributed by atoms with Gasteiger partial charge in [0.2, 0.25) is 11.8 Å². The number of anilines is 1. The Bertz CT molecular complexity index is 1280. The average molecular weight is 504 g/mol. The number of aryl methyl sites for hydroxylation is 1. The molecule has 0 aliphatic carbocycles. The van der Waals surface area contributed by atoms with Crippen molar-refractivity contribution < 1.29 is 9.59 Å². The first-order valence-electron chi connectivity index (χ1n) is 10.8. The molecule has 0 fully saturated rings. The highest BCUT2D eigenvalue weighted by Gasteiger charge is 2.26. The number of benzene rings is 3. The fourth-order valence-electron chi connectivity index (χ4n) is 4.08. The van der Waals surface area contributed by atoms with Gasteiger partial charge < -0.3 is 15.2 Å². The van der Waals surface area contributed by atoms with Gasteiger partial charge in [0, 0.05) is 40.2 Å². The maximum absolute atomic E-state index is 13.4. The second-order valence-corrected chi connectivity index (χ2v) is 9.05. The van der Waals surface area contributed by atoms with E-state index >= 15 is 0 Å². The fourth-order valence-corrected chi connectivity index (χ4v) is 4.53. The predicted molar refractivity (Wildman–Crippen MR) is 136 cm³/mol. The molecule has 1 aromatic heterocycles. The first kappa shape index (κ1) is 22.8. The second-order valence-electron chi connectivity index (χ2n) is 8.14. The maximum Gasteiger partial charge on any atom is 0.249 e. The number of hydrogen-bond donors (Lipinski definition) is 2. The van der Waals surface area contributed by atoms with Gasteiger partial charge in [-0.15, -0.1) is 0 Å². The van der Waals surface area contributed by atoms with Crippen molar-refractivity contribution in [3.8, 4) is 0 Å². The van der Waals surface area contributed by atoms with Crippen molar-refractivity contribution in [1.82, 2.24) is 10.3 Å². The number of likely N-dealkylation sites (N-methyl/N-ethyl adjacent to an activating group) is 1.